The molecular formula is C26H35N2O3+. The van der Waals surface area contributed by atoms with E-state index in [-0.39, 0.29) is 16.4 Å². The van der Waals surface area contributed by atoms with E-state index in [4.69, 9.17) is 4.84 Å². The Balaban J connectivity index is 2.14. The van der Waals surface area contributed by atoms with Gasteiger partial charge in [0, 0.05) is 17.5 Å². The normalized spacial score (nSPS) is 17.2. The molecular weight excluding hydrogens is 388 g/mol. The van der Waals surface area contributed by atoms with Crippen LogP contribution in [0.4, 0.5) is 0 Å². The summed E-state index contributed by atoms with van der Waals surface area (Å²) in [6, 6.07) is 11.4. The molecule has 166 valence electrons. The molecule has 4 N–H and O–H groups in total. The number of oxime groups is 1. The van der Waals surface area contributed by atoms with E-state index in [0.717, 1.165) is 48.2 Å². The van der Waals surface area contributed by atoms with Gasteiger partial charge in [0.25, 0.3) is 0 Å². The van der Waals surface area contributed by atoms with Crippen molar-refractivity contribution in [1.29, 1.82) is 0 Å². The summed E-state index contributed by atoms with van der Waals surface area (Å²) < 4.78 is 0. The first kappa shape index (κ1) is 23.0. The van der Waals surface area contributed by atoms with Crippen LogP contribution >= 0.6 is 0 Å². The molecule has 0 atom stereocenters. The third-order valence-corrected chi connectivity index (χ3v) is 6.50. The maximum Gasteiger partial charge on any atom is 0.335 e. The van der Waals surface area contributed by atoms with E-state index in [9.17, 15) is 9.90 Å². The largest absolute Gasteiger partial charge is 0.478 e. The summed E-state index contributed by atoms with van der Waals surface area (Å²) in [4.78, 5) is 16.9. The van der Waals surface area contributed by atoms with Gasteiger partial charge in [-0.25, -0.2) is 4.79 Å². The Morgan fingerprint density at radius 1 is 1.03 bits per heavy atom. The second kappa shape index (κ2) is 8.83. The highest BCUT2D eigenvalue weighted by Crippen LogP contribution is 2.46. The molecule has 3 rings (SSSR count). The molecule has 0 saturated heterocycles. The molecule has 5 heteroatoms. The van der Waals surface area contributed by atoms with E-state index in [2.05, 4.69) is 57.6 Å². The van der Waals surface area contributed by atoms with Gasteiger partial charge in [0.1, 0.15) is 12.3 Å². The van der Waals surface area contributed by atoms with Crippen LogP contribution < -0.4 is 5.73 Å². The predicted molar refractivity (Wildman–Crippen MR) is 124 cm³/mol. The van der Waals surface area contributed by atoms with Gasteiger partial charge in [0.2, 0.25) is 0 Å². The minimum atomic E-state index is -0.939. The molecule has 0 radical (unpaired) electrons. The lowest BCUT2D eigenvalue weighted by atomic mass is 9.62. The smallest absolute Gasteiger partial charge is 0.335 e. The van der Waals surface area contributed by atoms with Crippen LogP contribution in [0.2, 0.25) is 0 Å². The number of carbonyl (C=O) groups is 1. The zero-order valence-electron chi connectivity index (χ0n) is 19.4. The molecule has 5 nitrogen and oxygen atoms in total. The lowest BCUT2D eigenvalue weighted by Gasteiger charge is -2.42. The van der Waals surface area contributed by atoms with Crippen LogP contribution in [0.25, 0.3) is 0 Å². The van der Waals surface area contributed by atoms with E-state index in [1.807, 2.05) is 0 Å². The molecule has 0 spiro atoms. The van der Waals surface area contributed by atoms with E-state index < -0.39 is 5.97 Å². The minimum absolute atomic E-state index is 0.0836. The molecule has 31 heavy (non-hydrogen) atoms. The van der Waals surface area contributed by atoms with Gasteiger partial charge in [-0.15, -0.1) is 0 Å². The lowest BCUT2D eigenvalue weighted by Crippen LogP contribution is -2.50. The minimum Gasteiger partial charge on any atom is -0.478 e. The Hall–Kier alpha value is -2.66. The third kappa shape index (κ3) is 4.82. The van der Waals surface area contributed by atoms with Crippen molar-refractivity contribution in [2.75, 3.05) is 13.2 Å². The molecule has 0 amide bonds. The highest BCUT2D eigenvalue weighted by Gasteiger charge is 2.37. The average molecular weight is 424 g/mol. The van der Waals surface area contributed by atoms with Crippen molar-refractivity contribution >= 4 is 11.7 Å². The average Bonchev–Trinajstić information content (AvgIpc) is 2.72. The molecule has 0 saturated carbocycles. The number of quaternary nitrogens is 1. The van der Waals surface area contributed by atoms with Crippen LogP contribution in [0.1, 0.15) is 85.1 Å². The first-order valence-corrected chi connectivity index (χ1v) is 11.1. The molecule has 1 aliphatic carbocycles. The highest BCUT2D eigenvalue weighted by molar-refractivity contribution is 6.14. The number of benzene rings is 2. The van der Waals surface area contributed by atoms with Crippen molar-refractivity contribution in [2.45, 2.75) is 64.7 Å². The number of hydrogen-bond acceptors (Lipinski definition) is 3. The first-order valence-electron chi connectivity index (χ1n) is 11.1. The Kier molecular flexibility index (Phi) is 6.56. The predicted octanol–water partition coefficient (Wildman–Crippen LogP) is 4.44. The Labute approximate surface area is 185 Å². The Morgan fingerprint density at radius 2 is 1.58 bits per heavy atom. The van der Waals surface area contributed by atoms with Crippen LogP contribution in [-0.2, 0) is 15.7 Å². The summed E-state index contributed by atoms with van der Waals surface area (Å²) >= 11 is 0. The van der Waals surface area contributed by atoms with Crippen molar-refractivity contribution in [1.82, 2.24) is 0 Å². The van der Waals surface area contributed by atoms with E-state index in [0.29, 0.717) is 6.61 Å². The lowest BCUT2D eigenvalue weighted by molar-refractivity contribution is -0.369. The zero-order chi connectivity index (χ0) is 22.8. The summed E-state index contributed by atoms with van der Waals surface area (Å²) in [6.45, 7) is 12.7. The van der Waals surface area contributed by atoms with Crippen LogP contribution in [0.15, 0.2) is 41.6 Å². The molecule has 0 fully saturated rings. The van der Waals surface area contributed by atoms with Crippen molar-refractivity contribution < 1.29 is 20.5 Å². The van der Waals surface area contributed by atoms with Crippen molar-refractivity contribution in [3.63, 3.8) is 0 Å². The topological polar surface area (TPSA) is 86.5 Å². The number of fused-ring (bicyclic) bond motifs is 1. The molecule has 2 aromatic rings. The van der Waals surface area contributed by atoms with Gasteiger partial charge in [-0.05, 0) is 65.5 Å². The zero-order valence-corrected chi connectivity index (χ0v) is 19.4. The van der Waals surface area contributed by atoms with Crippen LogP contribution in [-0.4, -0.2) is 29.9 Å². The molecule has 0 heterocycles. The fourth-order valence-corrected chi connectivity index (χ4v) is 4.28. The second-order valence-electron chi connectivity index (χ2n) is 9.84. The van der Waals surface area contributed by atoms with Crippen LogP contribution in [0.5, 0.6) is 0 Å². The van der Waals surface area contributed by atoms with E-state index >= 15 is 0 Å². The molecule has 0 aliphatic heterocycles. The van der Waals surface area contributed by atoms with Gasteiger partial charge in [-0.1, -0.05) is 51.0 Å². The monoisotopic (exact) mass is 423 g/mol. The summed E-state index contributed by atoms with van der Waals surface area (Å²) in [5.74, 6) is -0.939. The number of carboxylic acid groups (broad SMARTS) is 1. The van der Waals surface area contributed by atoms with Crippen LogP contribution in [0, 0.1) is 6.92 Å². The highest BCUT2D eigenvalue weighted by atomic mass is 16.6. The van der Waals surface area contributed by atoms with Crippen molar-refractivity contribution in [3.8, 4) is 0 Å². The van der Waals surface area contributed by atoms with Gasteiger partial charge in [0.05, 0.1) is 12.1 Å². The van der Waals surface area contributed by atoms with E-state index in [1.165, 1.54) is 11.1 Å². The van der Waals surface area contributed by atoms with Crippen LogP contribution in [0.3, 0.4) is 0 Å². The van der Waals surface area contributed by atoms with Gasteiger partial charge in [-0.2, -0.15) is 0 Å². The molecule has 0 unspecified atom stereocenters. The fraction of sp³-hybridized carbons (Fsp3) is 0.462. The second-order valence-corrected chi connectivity index (χ2v) is 9.84. The van der Waals surface area contributed by atoms with Gasteiger partial charge < -0.3 is 15.7 Å². The number of aromatic carboxylic acids is 1. The maximum absolute atomic E-state index is 11.3. The fourth-order valence-electron chi connectivity index (χ4n) is 4.28. The summed E-state index contributed by atoms with van der Waals surface area (Å²) in [7, 11) is 0. The maximum atomic E-state index is 11.3. The van der Waals surface area contributed by atoms with E-state index in [1.54, 1.807) is 24.3 Å². The molecule has 1 aliphatic rings. The van der Waals surface area contributed by atoms with Crippen molar-refractivity contribution in [3.05, 3.63) is 69.8 Å². The van der Waals surface area contributed by atoms with Gasteiger partial charge in [-0.3, -0.25) is 0 Å². The molecule has 2 aromatic carbocycles. The standard InChI is InChI=1S/C26H34N2O3/c1-17-15-21-22(26(4,5)12-11-25(21,2)3)16-20(17)23(28-31-14-6-13-27)18-7-9-19(10-8-18)24(29)30/h7-10,15-16H,6,11-14,27H2,1-5H3,(H,29,30)/p+1/b28-23+. The number of carboxylic acids is 1. The third-order valence-electron chi connectivity index (χ3n) is 6.50. The molecule has 0 aromatic heterocycles. The Bertz CT molecular complexity index is 988. The summed E-state index contributed by atoms with van der Waals surface area (Å²) in [5, 5.41) is 13.8. The number of rotatable bonds is 7. The Morgan fingerprint density at radius 3 is 2.13 bits per heavy atom. The summed E-state index contributed by atoms with van der Waals surface area (Å²) in [6.07, 6.45) is 3.13. The van der Waals surface area contributed by atoms with Gasteiger partial charge in [0.15, 0.2) is 0 Å². The summed E-state index contributed by atoms with van der Waals surface area (Å²) in [5.41, 5.74) is 10.8. The van der Waals surface area contributed by atoms with Crippen molar-refractivity contribution in [2.24, 2.45) is 5.16 Å². The SMILES string of the molecule is Cc1cc2c(cc1/C(=N/OCCC[NH3+])c1ccc(C(=O)O)cc1)C(C)(C)CCC2(C)C. The number of hydrogen-bond donors (Lipinski definition) is 2. The molecule has 0 bridgehead atoms. The quantitative estimate of drug-likeness (QED) is 0.392. The van der Waals surface area contributed by atoms with Gasteiger partial charge >= 0.3 is 5.97 Å². The first-order chi connectivity index (χ1) is 14.6. The number of nitrogens with zero attached hydrogens (tertiary/aromatic N) is 1. The number of aryl methyl sites for hydroxylation is 1.